The Bertz CT molecular complexity index is 621. The fraction of sp³-hybridized carbons (Fsp3) is 0.273. The topological polar surface area (TPSA) is 127 Å². The monoisotopic (exact) mass is 318 g/mol. The van der Waals surface area contributed by atoms with Crippen molar-refractivity contribution in [2.75, 3.05) is 0 Å². The van der Waals surface area contributed by atoms with Crippen LogP contribution >= 0.6 is 11.3 Å². The van der Waals surface area contributed by atoms with Gasteiger partial charge in [0.2, 0.25) is 10.0 Å². The number of carboxylic acid groups (broad SMARTS) is 1. The zero-order valence-electron chi connectivity index (χ0n) is 10.4. The van der Waals surface area contributed by atoms with Crippen LogP contribution in [-0.4, -0.2) is 31.4 Å². The molecule has 1 aromatic rings. The summed E-state index contributed by atoms with van der Waals surface area (Å²) in [6.45, 7) is 3.48. The largest absolute Gasteiger partial charge is 0.480 e. The summed E-state index contributed by atoms with van der Waals surface area (Å²) in [5.74, 6) is -1.82. The molecule has 1 amide bonds. The molecule has 4 N–H and O–H groups in total. The quantitative estimate of drug-likeness (QED) is 0.633. The zero-order chi connectivity index (χ0) is 15.3. The first-order chi connectivity index (χ1) is 9.25. The first kappa shape index (κ1) is 16.3. The van der Waals surface area contributed by atoms with Crippen LogP contribution in [0.3, 0.4) is 0 Å². The van der Waals surface area contributed by atoms with E-state index in [-0.39, 0.29) is 16.2 Å². The highest BCUT2D eigenvalue weighted by atomic mass is 32.2. The standard InChI is InChI=1S/C11H14N2O5S2/c1-2-3-4-8(11(15)16)13-10(14)7-5-9(19-6-7)20(12,17)18/h2,5-6,8H,1,3-4H2,(H,13,14)(H,15,16)(H2,12,17,18). The molecule has 0 fully saturated rings. The molecular weight excluding hydrogens is 304 g/mol. The van der Waals surface area contributed by atoms with Gasteiger partial charge in [-0.2, -0.15) is 0 Å². The minimum absolute atomic E-state index is 0.0591. The smallest absolute Gasteiger partial charge is 0.326 e. The lowest BCUT2D eigenvalue weighted by molar-refractivity contribution is -0.139. The van der Waals surface area contributed by atoms with E-state index in [0.29, 0.717) is 6.42 Å². The van der Waals surface area contributed by atoms with Gasteiger partial charge in [-0.1, -0.05) is 6.08 Å². The zero-order valence-corrected chi connectivity index (χ0v) is 12.0. The summed E-state index contributed by atoms with van der Waals surface area (Å²) >= 11 is 0.801. The molecule has 9 heteroatoms. The van der Waals surface area contributed by atoms with Crippen LogP contribution < -0.4 is 10.5 Å². The number of carbonyl (C=O) groups excluding carboxylic acids is 1. The molecule has 0 spiro atoms. The average molecular weight is 318 g/mol. The lowest BCUT2D eigenvalue weighted by atomic mass is 10.1. The van der Waals surface area contributed by atoms with Gasteiger partial charge in [0, 0.05) is 5.38 Å². The molecule has 0 bridgehead atoms. The number of hydrogen-bond acceptors (Lipinski definition) is 5. The van der Waals surface area contributed by atoms with Crippen molar-refractivity contribution in [2.45, 2.75) is 23.1 Å². The van der Waals surface area contributed by atoms with Crippen molar-refractivity contribution in [3.05, 3.63) is 29.7 Å². The molecule has 7 nitrogen and oxygen atoms in total. The third-order valence-corrected chi connectivity index (χ3v) is 4.77. The van der Waals surface area contributed by atoms with Gasteiger partial charge in [-0.3, -0.25) is 4.79 Å². The molecule has 1 rings (SSSR count). The SMILES string of the molecule is C=CCCC(NC(=O)c1csc(S(N)(=O)=O)c1)C(=O)O. The van der Waals surface area contributed by atoms with Crippen molar-refractivity contribution in [1.29, 1.82) is 0 Å². The molecule has 20 heavy (non-hydrogen) atoms. The summed E-state index contributed by atoms with van der Waals surface area (Å²) < 4.78 is 22.0. The van der Waals surface area contributed by atoms with E-state index in [2.05, 4.69) is 11.9 Å². The molecule has 0 aromatic carbocycles. The predicted octanol–water partition coefficient (Wildman–Crippen LogP) is 0.545. The van der Waals surface area contributed by atoms with E-state index in [1.165, 1.54) is 5.38 Å². The van der Waals surface area contributed by atoms with Gasteiger partial charge in [0.15, 0.2) is 0 Å². The van der Waals surface area contributed by atoms with Crippen LogP contribution in [0.5, 0.6) is 0 Å². The summed E-state index contributed by atoms with van der Waals surface area (Å²) in [5.41, 5.74) is 0.0591. The van der Waals surface area contributed by atoms with Crippen molar-refractivity contribution in [3.8, 4) is 0 Å². The van der Waals surface area contributed by atoms with Crippen LogP contribution in [0.1, 0.15) is 23.2 Å². The molecule has 0 aliphatic heterocycles. The fourth-order valence-electron chi connectivity index (χ4n) is 1.37. The summed E-state index contributed by atoms with van der Waals surface area (Å²) in [7, 11) is -3.87. The van der Waals surface area contributed by atoms with Crippen molar-refractivity contribution in [3.63, 3.8) is 0 Å². The van der Waals surface area contributed by atoms with Gasteiger partial charge >= 0.3 is 5.97 Å². The van der Waals surface area contributed by atoms with E-state index >= 15 is 0 Å². The van der Waals surface area contributed by atoms with E-state index in [9.17, 15) is 18.0 Å². The second-order valence-corrected chi connectivity index (χ2v) is 6.63. The Hall–Kier alpha value is -1.71. The molecular formula is C11H14N2O5S2. The Balaban J connectivity index is 2.81. The fourth-order valence-corrected chi connectivity index (χ4v) is 2.95. The first-order valence-corrected chi connectivity index (χ1v) is 7.94. The maximum absolute atomic E-state index is 11.8. The van der Waals surface area contributed by atoms with Gasteiger partial charge in [-0.05, 0) is 18.9 Å². The van der Waals surface area contributed by atoms with E-state index in [1.54, 1.807) is 6.08 Å². The van der Waals surface area contributed by atoms with Crippen LogP contribution in [0.15, 0.2) is 28.3 Å². The van der Waals surface area contributed by atoms with Crippen LogP contribution in [0.4, 0.5) is 0 Å². The Labute approximate surface area is 120 Å². The van der Waals surface area contributed by atoms with Gasteiger partial charge < -0.3 is 10.4 Å². The highest BCUT2D eigenvalue weighted by Gasteiger charge is 2.21. The number of carboxylic acids is 1. The minimum Gasteiger partial charge on any atom is -0.480 e. The molecule has 1 atom stereocenters. The van der Waals surface area contributed by atoms with Gasteiger partial charge in [-0.15, -0.1) is 17.9 Å². The Morgan fingerprint density at radius 2 is 2.20 bits per heavy atom. The van der Waals surface area contributed by atoms with Gasteiger partial charge in [-0.25, -0.2) is 18.4 Å². The number of allylic oxidation sites excluding steroid dienone is 1. The normalized spacial score (nSPS) is 12.7. The average Bonchev–Trinajstić information content (AvgIpc) is 2.83. The number of thiophene rings is 1. The van der Waals surface area contributed by atoms with E-state index in [4.69, 9.17) is 10.2 Å². The number of aliphatic carboxylic acids is 1. The maximum atomic E-state index is 11.8. The van der Waals surface area contributed by atoms with E-state index < -0.39 is 27.9 Å². The van der Waals surface area contributed by atoms with Crippen LogP contribution in [-0.2, 0) is 14.8 Å². The molecule has 110 valence electrons. The third kappa shape index (κ3) is 4.44. The maximum Gasteiger partial charge on any atom is 0.326 e. The number of nitrogens with one attached hydrogen (secondary N) is 1. The van der Waals surface area contributed by atoms with Crippen LogP contribution in [0, 0.1) is 0 Å². The summed E-state index contributed by atoms with van der Waals surface area (Å²) in [6.07, 6.45) is 2.19. The number of sulfonamides is 1. The molecule has 1 aromatic heterocycles. The lowest BCUT2D eigenvalue weighted by Crippen LogP contribution is -2.40. The number of amides is 1. The number of rotatable bonds is 7. The number of carbonyl (C=O) groups is 2. The second-order valence-electron chi connectivity index (χ2n) is 3.93. The third-order valence-electron chi connectivity index (χ3n) is 2.38. The molecule has 0 saturated carbocycles. The van der Waals surface area contributed by atoms with Gasteiger partial charge in [0.1, 0.15) is 10.3 Å². The van der Waals surface area contributed by atoms with Crippen molar-refractivity contribution in [2.24, 2.45) is 5.14 Å². The predicted molar refractivity (Wildman–Crippen MR) is 74.0 cm³/mol. The molecule has 0 aliphatic carbocycles. The molecule has 1 heterocycles. The van der Waals surface area contributed by atoms with Crippen molar-refractivity contribution < 1.29 is 23.1 Å². The molecule has 0 aliphatic rings. The first-order valence-electron chi connectivity index (χ1n) is 5.51. The van der Waals surface area contributed by atoms with Gasteiger partial charge in [0.25, 0.3) is 5.91 Å². The van der Waals surface area contributed by atoms with Crippen LogP contribution in [0.25, 0.3) is 0 Å². The van der Waals surface area contributed by atoms with Crippen LogP contribution in [0.2, 0.25) is 0 Å². The Morgan fingerprint density at radius 1 is 1.55 bits per heavy atom. The lowest BCUT2D eigenvalue weighted by Gasteiger charge is -2.12. The summed E-state index contributed by atoms with van der Waals surface area (Å²) in [6, 6.07) is 0.0557. The van der Waals surface area contributed by atoms with Crippen molar-refractivity contribution >= 4 is 33.2 Å². The summed E-state index contributed by atoms with van der Waals surface area (Å²) in [4.78, 5) is 22.8. The van der Waals surface area contributed by atoms with E-state index in [0.717, 1.165) is 17.4 Å². The van der Waals surface area contributed by atoms with Crippen molar-refractivity contribution in [1.82, 2.24) is 5.32 Å². The van der Waals surface area contributed by atoms with Gasteiger partial charge in [0.05, 0.1) is 5.56 Å². The molecule has 1 unspecified atom stereocenters. The number of hydrogen-bond donors (Lipinski definition) is 3. The summed E-state index contributed by atoms with van der Waals surface area (Å²) in [5, 5.41) is 17.5. The minimum atomic E-state index is -3.87. The number of nitrogens with two attached hydrogens (primary N) is 1. The highest BCUT2D eigenvalue weighted by Crippen LogP contribution is 2.18. The van der Waals surface area contributed by atoms with E-state index in [1.807, 2.05) is 0 Å². The Kier molecular flexibility index (Phi) is 5.43. The number of primary sulfonamides is 1. The molecule has 0 saturated heterocycles. The second kappa shape index (κ2) is 6.64. The Morgan fingerprint density at radius 3 is 2.65 bits per heavy atom. The molecule has 0 radical (unpaired) electrons. The highest BCUT2D eigenvalue weighted by molar-refractivity contribution is 7.91.